The van der Waals surface area contributed by atoms with Crippen LogP contribution in [-0.2, 0) is 0 Å². The number of hydrogen-bond donors (Lipinski definition) is 0. The Kier molecular flexibility index (Phi) is 4.66. The number of halogens is 2. The Hall–Kier alpha value is -0.840. The quantitative estimate of drug-likeness (QED) is 0.756. The summed E-state index contributed by atoms with van der Waals surface area (Å²) in [5.74, 6) is 0.0180. The van der Waals surface area contributed by atoms with Crippen LogP contribution >= 0.6 is 38.9 Å². The van der Waals surface area contributed by atoms with E-state index in [9.17, 15) is 4.79 Å². The highest BCUT2D eigenvalue weighted by Gasteiger charge is 2.19. The van der Waals surface area contributed by atoms with E-state index in [4.69, 9.17) is 11.6 Å². The van der Waals surface area contributed by atoms with Gasteiger partial charge in [0.1, 0.15) is 0 Å². The number of nitrogens with zero attached hydrogens (tertiary/aromatic N) is 1. The maximum absolute atomic E-state index is 12.3. The lowest BCUT2D eigenvalue weighted by Crippen LogP contribution is -2.29. The monoisotopic (exact) mass is 357 g/mol. The second-order valence-electron chi connectivity index (χ2n) is 4.28. The summed E-state index contributed by atoms with van der Waals surface area (Å²) in [6, 6.07) is 9.42. The molecule has 0 spiro atoms. The molecule has 0 bridgehead atoms. The third kappa shape index (κ3) is 3.38. The number of benzene rings is 1. The molecule has 1 aromatic carbocycles. The minimum Gasteiger partial charge on any atom is -0.335 e. The molecule has 2 rings (SSSR count). The summed E-state index contributed by atoms with van der Waals surface area (Å²) in [5.41, 5.74) is 1.77. The van der Waals surface area contributed by atoms with Gasteiger partial charge in [0.15, 0.2) is 0 Å². The van der Waals surface area contributed by atoms with E-state index in [-0.39, 0.29) is 11.9 Å². The number of carbonyl (C=O) groups is 1. The molecule has 0 aliphatic carbocycles. The summed E-state index contributed by atoms with van der Waals surface area (Å²) in [6.45, 7) is 2.00. The average molecular weight is 359 g/mol. The highest BCUT2D eigenvalue weighted by molar-refractivity contribution is 9.11. The number of rotatable bonds is 3. The molecule has 0 aliphatic rings. The van der Waals surface area contributed by atoms with Crippen LogP contribution < -0.4 is 0 Å². The van der Waals surface area contributed by atoms with Gasteiger partial charge >= 0.3 is 0 Å². The van der Waals surface area contributed by atoms with Crippen LogP contribution in [0.1, 0.15) is 28.9 Å². The van der Waals surface area contributed by atoms with Gasteiger partial charge in [-0.1, -0.05) is 23.7 Å². The molecule has 0 saturated carbocycles. The topological polar surface area (TPSA) is 20.3 Å². The number of amides is 1. The lowest BCUT2D eigenvalue weighted by Gasteiger charge is -2.25. The Bertz CT molecular complexity index is 581. The second kappa shape index (κ2) is 6.07. The van der Waals surface area contributed by atoms with Crippen molar-refractivity contribution in [2.75, 3.05) is 7.05 Å². The van der Waals surface area contributed by atoms with Gasteiger partial charge in [0, 0.05) is 17.5 Å². The lowest BCUT2D eigenvalue weighted by molar-refractivity contribution is 0.0743. The molecular formula is C14H13BrClNOS. The Morgan fingerprint density at radius 2 is 2.00 bits per heavy atom. The molecule has 0 N–H and O–H groups in total. The van der Waals surface area contributed by atoms with Crippen LogP contribution in [0.15, 0.2) is 39.5 Å². The van der Waals surface area contributed by atoms with Gasteiger partial charge < -0.3 is 4.90 Å². The Morgan fingerprint density at radius 3 is 2.53 bits per heavy atom. The summed E-state index contributed by atoms with van der Waals surface area (Å²) < 4.78 is 0.961. The lowest BCUT2D eigenvalue weighted by atomic mass is 10.1. The van der Waals surface area contributed by atoms with Crippen LogP contribution in [0.25, 0.3) is 0 Å². The van der Waals surface area contributed by atoms with Crippen LogP contribution in [0.4, 0.5) is 0 Å². The van der Waals surface area contributed by atoms with Crippen molar-refractivity contribution in [3.05, 3.63) is 55.6 Å². The molecule has 0 fully saturated rings. The Balaban J connectivity index is 2.16. The first-order chi connectivity index (χ1) is 8.99. The van der Waals surface area contributed by atoms with Crippen LogP contribution in [-0.4, -0.2) is 17.9 Å². The SMILES string of the molecule is CC(c1ccc(Cl)cc1)N(C)C(=O)c1csc(Br)c1. The Labute approximate surface area is 130 Å². The summed E-state index contributed by atoms with van der Waals surface area (Å²) in [7, 11) is 1.81. The highest BCUT2D eigenvalue weighted by Crippen LogP contribution is 2.25. The third-order valence-corrected chi connectivity index (χ3v) is 4.82. The summed E-state index contributed by atoms with van der Waals surface area (Å²) in [4.78, 5) is 14.1. The fraction of sp³-hybridized carbons (Fsp3) is 0.214. The molecule has 1 atom stereocenters. The van der Waals surface area contributed by atoms with Gasteiger partial charge in [0.25, 0.3) is 5.91 Å². The molecule has 19 heavy (non-hydrogen) atoms. The van der Waals surface area contributed by atoms with Crippen molar-refractivity contribution in [1.82, 2.24) is 4.90 Å². The van der Waals surface area contributed by atoms with Gasteiger partial charge in [-0.3, -0.25) is 4.79 Å². The van der Waals surface area contributed by atoms with E-state index in [1.54, 1.807) is 4.90 Å². The summed E-state index contributed by atoms with van der Waals surface area (Å²) >= 11 is 10.8. The fourth-order valence-corrected chi connectivity index (χ4v) is 3.02. The largest absolute Gasteiger partial charge is 0.335 e. The van der Waals surface area contributed by atoms with Crippen molar-refractivity contribution in [3.8, 4) is 0 Å². The number of carbonyl (C=O) groups excluding carboxylic acids is 1. The van der Waals surface area contributed by atoms with Crippen molar-refractivity contribution >= 4 is 44.8 Å². The Morgan fingerprint density at radius 1 is 1.37 bits per heavy atom. The van der Waals surface area contributed by atoms with Gasteiger partial charge in [-0.25, -0.2) is 0 Å². The first-order valence-electron chi connectivity index (χ1n) is 5.75. The van der Waals surface area contributed by atoms with Gasteiger partial charge in [-0.15, -0.1) is 11.3 Å². The van der Waals surface area contributed by atoms with Crippen LogP contribution in [0, 0.1) is 0 Å². The first kappa shape index (κ1) is 14.6. The zero-order chi connectivity index (χ0) is 14.0. The predicted molar refractivity (Wildman–Crippen MR) is 84.0 cm³/mol. The summed E-state index contributed by atoms with van der Waals surface area (Å²) in [6.07, 6.45) is 0. The standard InChI is InChI=1S/C14H13BrClNOS/c1-9(10-3-5-12(16)6-4-10)17(2)14(18)11-7-13(15)19-8-11/h3-9H,1-2H3. The first-order valence-corrected chi connectivity index (χ1v) is 7.80. The number of hydrogen-bond acceptors (Lipinski definition) is 2. The molecule has 1 amide bonds. The molecule has 100 valence electrons. The minimum atomic E-state index is 0.00319. The van der Waals surface area contributed by atoms with Crippen molar-refractivity contribution in [2.45, 2.75) is 13.0 Å². The molecule has 0 saturated heterocycles. The minimum absolute atomic E-state index is 0.00319. The van der Waals surface area contributed by atoms with Crippen LogP contribution in [0.5, 0.6) is 0 Å². The molecule has 0 radical (unpaired) electrons. The number of thiophene rings is 1. The molecule has 1 aromatic heterocycles. The maximum Gasteiger partial charge on any atom is 0.254 e. The highest BCUT2D eigenvalue weighted by atomic mass is 79.9. The van der Waals surface area contributed by atoms with Crippen molar-refractivity contribution in [2.24, 2.45) is 0 Å². The molecule has 0 aliphatic heterocycles. The predicted octanol–water partition coefficient (Wildman–Crippen LogP) is 5.00. The van der Waals surface area contributed by atoms with Gasteiger partial charge in [-0.2, -0.15) is 0 Å². The van der Waals surface area contributed by atoms with E-state index in [0.717, 1.165) is 9.35 Å². The van der Waals surface area contributed by atoms with Gasteiger partial charge in [0.05, 0.1) is 15.4 Å². The van der Waals surface area contributed by atoms with E-state index in [1.807, 2.05) is 49.7 Å². The molecule has 2 aromatic rings. The van der Waals surface area contributed by atoms with E-state index in [2.05, 4.69) is 15.9 Å². The zero-order valence-corrected chi connectivity index (χ0v) is 13.7. The third-order valence-electron chi connectivity index (χ3n) is 3.07. The molecule has 2 nitrogen and oxygen atoms in total. The second-order valence-corrected chi connectivity index (χ2v) is 7.01. The fourth-order valence-electron chi connectivity index (χ4n) is 1.77. The normalized spacial score (nSPS) is 12.2. The smallest absolute Gasteiger partial charge is 0.254 e. The molecular weight excluding hydrogens is 346 g/mol. The van der Waals surface area contributed by atoms with E-state index < -0.39 is 0 Å². The average Bonchev–Trinajstić information content (AvgIpc) is 2.84. The summed E-state index contributed by atoms with van der Waals surface area (Å²) in [5, 5.41) is 2.56. The van der Waals surface area contributed by atoms with Gasteiger partial charge in [0.2, 0.25) is 0 Å². The van der Waals surface area contributed by atoms with Crippen molar-refractivity contribution in [3.63, 3.8) is 0 Å². The molecule has 1 unspecified atom stereocenters. The zero-order valence-electron chi connectivity index (χ0n) is 10.6. The molecule has 1 heterocycles. The van der Waals surface area contributed by atoms with Crippen LogP contribution in [0.2, 0.25) is 5.02 Å². The van der Waals surface area contributed by atoms with E-state index >= 15 is 0 Å². The van der Waals surface area contributed by atoms with Gasteiger partial charge in [-0.05, 0) is 46.6 Å². The van der Waals surface area contributed by atoms with Crippen molar-refractivity contribution < 1.29 is 4.79 Å². The maximum atomic E-state index is 12.3. The van der Waals surface area contributed by atoms with Crippen LogP contribution in [0.3, 0.4) is 0 Å². The van der Waals surface area contributed by atoms with E-state index in [1.165, 1.54) is 11.3 Å². The molecule has 5 heteroatoms. The van der Waals surface area contributed by atoms with E-state index in [0.29, 0.717) is 10.6 Å². The van der Waals surface area contributed by atoms with Crippen molar-refractivity contribution in [1.29, 1.82) is 0 Å².